The van der Waals surface area contributed by atoms with Crippen molar-refractivity contribution < 1.29 is 5.21 Å². The highest BCUT2D eigenvalue weighted by Crippen LogP contribution is 2.16. The highest BCUT2D eigenvalue weighted by Gasteiger charge is 1.92. The van der Waals surface area contributed by atoms with Crippen molar-refractivity contribution in [2.75, 3.05) is 0 Å². The Morgan fingerprint density at radius 2 is 2.15 bits per heavy atom. The predicted octanol–water partition coefficient (Wildman–Crippen LogP) is 3.20. The Bertz CT molecular complexity index is 345. The van der Waals surface area contributed by atoms with E-state index < -0.39 is 0 Å². The first kappa shape index (κ1) is 9.81. The molecule has 0 aliphatic rings. The van der Waals surface area contributed by atoms with Crippen molar-refractivity contribution >= 4 is 23.4 Å². The fraction of sp³-hybridized carbons (Fsp3) is 0.100. The number of nitrogens with zero attached hydrogens (tertiary/aromatic N) is 1. The number of allylic oxidation sites excluding steroid dienone is 1. The molecule has 0 aliphatic carbocycles. The van der Waals surface area contributed by atoms with Crippen LogP contribution in [0.5, 0.6) is 0 Å². The molecule has 0 unspecified atom stereocenters. The number of halogens is 1. The summed E-state index contributed by atoms with van der Waals surface area (Å²) in [6, 6.07) is 7.47. The standard InChI is InChI=1S/C10H10ClNO/c1-8(12-13)6-7-9-4-2-3-5-10(9)11/h2-7,13H,1H3/b7-6+,12-8-. The number of benzene rings is 1. The minimum absolute atomic E-state index is 0.542. The first-order chi connectivity index (χ1) is 6.24. The summed E-state index contributed by atoms with van der Waals surface area (Å²) in [6.07, 6.45) is 3.50. The van der Waals surface area contributed by atoms with Gasteiger partial charge in [0.1, 0.15) is 0 Å². The van der Waals surface area contributed by atoms with Crippen molar-refractivity contribution in [1.29, 1.82) is 0 Å². The van der Waals surface area contributed by atoms with Crippen molar-refractivity contribution in [3.63, 3.8) is 0 Å². The lowest BCUT2D eigenvalue weighted by atomic mass is 10.2. The molecule has 3 heteroatoms. The molecule has 68 valence electrons. The van der Waals surface area contributed by atoms with E-state index in [4.69, 9.17) is 16.8 Å². The van der Waals surface area contributed by atoms with E-state index in [0.717, 1.165) is 5.56 Å². The van der Waals surface area contributed by atoms with Crippen LogP contribution in [0.3, 0.4) is 0 Å². The average Bonchev–Trinajstić information content (AvgIpc) is 2.16. The van der Waals surface area contributed by atoms with Gasteiger partial charge in [0.25, 0.3) is 0 Å². The summed E-state index contributed by atoms with van der Waals surface area (Å²) in [4.78, 5) is 0. The van der Waals surface area contributed by atoms with Crippen LogP contribution in [-0.4, -0.2) is 10.9 Å². The van der Waals surface area contributed by atoms with Crippen molar-refractivity contribution in [2.24, 2.45) is 5.16 Å². The van der Waals surface area contributed by atoms with Gasteiger partial charge in [0.2, 0.25) is 0 Å². The first-order valence-corrected chi connectivity index (χ1v) is 4.23. The Morgan fingerprint density at radius 1 is 1.46 bits per heavy atom. The molecule has 0 spiro atoms. The van der Waals surface area contributed by atoms with E-state index in [1.54, 1.807) is 19.1 Å². The SMILES string of the molecule is CC(/C=C/c1ccccc1Cl)=N/O. The number of hydrogen-bond donors (Lipinski definition) is 1. The lowest BCUT2D eigenvalue weighted by Gasteiger charge is -1.95. The zero-order chi connectivity index (χ0) is 9.68. The topological polar surface area (TPSA) is 32.6 Å². The van der Waals surface area contributed by atoms with Gasteiger partial charge >= 0.3 is 0 Å². The summed E-state index contributed by atoms with van der Waals surface area (Å²) in [5, 5.41) is 12.1. The third-order valence-corrected chi connectivity index (χ3v) is 1.91. The second-order valence-corrected chi connectivity index (χ2v) is 3.00. The van der Waals surface area contributed by atoms with Crippen LogP contribution in [0.2, 0.25) is 5.02 Å². The van der Waals surface area contributed by atoms with Crippen LogP contribution in [0.1, 0.15) is 12.5 Å². The molecule has 1 aromatic rings. The largest absolute Gasteiger partial charge is 0.411 e. The molecular formula is C10H10ClNO. The smallest absolute Gasteiger partial charge is 0.0765 e. The van der Waals surface area contributed by atoms with E-state index in [2.05, 4.69) is 5.16 Å². The molecular weight excluding hydrogens is 186 g/mol. The number of hydrogen-bond acceptors (Lipinski definition) is 2. The highest BCUT2D eigenvalue weighted by molar-refractivity contribution is 6.32. The second-order valence-electron chi connectivity index (χ2n) is 2.60. The van der Waals surface area contributed by atoms with Crippen LogP contribution in [0, 0.1) is 0 Å². The lowest BCUT2D eigenvalue weighted by Crippen LogP contribution is -1.82. The molecule has 0 saturated carbocycles. The van der Waals surface area contributed by atoms with Crippen LogP contribution in [-0.2, 0) is 0 Å². The zero-order valence-electron chi connectivity index (χ0n) is 7.24. The fourth-order valence-corrected chi connectivity index (χ4v) is 1.05. The summed E-state index contributed by atoms with van der Waals surface area (Å²) in [5.74, 6) is 0. The van der Waals surface area contributed by atoms with Gasteiger partial charge < -0.3 is 5.21 Å². The van der Waals surface area contributed by atoms with E-state index in [1.807, 2.05) is 24.3 Å². The normalized spacial score (nSPS) is 12.3. The van der Waals surface area contributed by atoms with Crippen molar-refractivity contribution in [3.8, 4) is 0 Å². The van der Waals surface area contributed by atoms with E-state index in [9.17, 15) is 0 Å². The molecule has 0 heterocycles. The Kier molecular flexibility index (Phi) is 3.53. The third kappa shape index (κ3) is 2.92. The van der Waals surface area contributed by atoms with E-state index in [-0.39, 0.29) is 0 Å². The van der Waals surface area contributed by atoms with E-state index >= 15 is 0 Å². The summed E-state index contributed by atoms with van der Waals surface area (Å²) in [6.45, 7) is 1.70. The second kappa shape index (κ2) is 4.67. The summed E-state index contributed by atoms with van der Waals surface area (Å²) in [5.41, 5.74) is 1.45. The van der Waals surface area contributed by atoms with Gasteiger partial charge in [-0.1, -0.05) is 41.0 Å². The molecule has 0 fully saturated rings. The van der Waals surface area contributed by atoms with Gasteiger partial charge in [-0.05, 0) is 24.6 Å². The quantitative estimate of drug-likeness (QED) is 0.439. The van der Waals surface area contributed by atoms with Crippen LogP contribution in [0.15, 0.2) is 35.5 Å². The fourth-order valence-electron chi connectivity index (χ4n) is 0.854. The van der Waals surface area contributed by atoms with E-state index in [1.165, 1.54) is 0 Å². The van der Waals surface area contributed by atoms with Gasteiger partial charge in [0, 0.05) is 5.02 Å². The third-order valence-electron chi connectivity index (χ3n) is 1.57. The lowest BCUT2D eigenvalue weighted by molar-refractivity contribution is 0.319. The maximum absolute atomic E-state index is 8.39. The zero-order valence-corrected chi connectivity index (χ0v) is 7.99. The minimum atomic E-state index is 0.542. The molecule has 0 bridgehead atoms. The van der Waals surface area contributed by atoms with Crippen molar-refractivity contribution in [3.05, 3.63) is 40.9 Å². The van der Waals surface area contributed by atoms with Gasteiger partial charge in [0.15, 0.2) is 0 Å². The van der Waals surface area contributed by atoms with Gasteiger partial charge in [-0.2, -0.15) is 0 Å². The van der Waals surface area contributed by atoms with Crippen LogP contribution in [0.25, 0.3) is 6.08 Å². The molecule has 2 nitrogen and oxygen atoms in total. The summed E-state index contributed by atoms with van der Waals surface area (Å²) >= 11 is 5.90. The van der Waals surface area contributed by atoms with Crippen molar-refractivity contribution in [2.45, 2.75) is 6.92 Å². The maximum Gasteiger partial charge on any atom is 0.0765 e. The molecule has 13 heavy (non-hydrogen) atoms. The number of oxime groups is 1. The molecule has 0 atom stereocenters. The van der Waals surface area contributed by atoms with E-state index in [0.29, 0.717) is 10.7 Å². The Labute approximate surface area is 82.1 Å². The molecule has 0 amide bonds. The maximum atomic E-state index is 8.39. The van der Waals surface area contributed by atoms with Gasteiger partial charge in [-0.3, -0.25) is 0 Å². The molecule has 0 aromatic heterocycles. The number of rotatable bonds is 2. The Morgan fingerprint density at radius 3 is 2.77 bits per heavy atom. The molecule has 0 saturated heterocycles. The molecule has 1 rings (SSSR count). The summed E-state index contributed by atoms with van der Waals surface area (Å²) in [7, 11) is 0. The molecule has 1 N–H and O–H groups in total. The van der Waals surface area contributed by atoms with Gasteiger partial charge in [-0.25, -0.2) is 0 Å². The average molecular weight is 196 g/mol. The van der Waals surface area contributed by atoms with Crippen LogP contribution < -0.4 is 0 Å². The van der Waals surface area contributed by atoms with Crippen LogP contribution >= 0.6 is 11.6 Å². The first-order valence-electron chi connectivity index (χ1n) is 3.85. The summed E-state index contributed by atoms with van der Waals surface area (Å²) < 4.78 is 0. The molecule has 1 aromatic carbocycles. The highest BCUT2D eigenvalue weighted by atomic mass is 35.5. The molecule has 0 radical (unpaired) electrons. The monoisotopic (exact) mass is 195 g/mol. The Hall–Kier alpha value is -1.28. The van der Waals surface area contributed by atoms with Crippen LogP contribution in [0.4, 0.5) is 0 Å². The minimum Gasteiger partial charge on any atom is -0.411 e. The van der Waals surface area contributed by atoms with Gasteiger partial charge in [-0.15, -0.1) is 0 Å². The van der Waals surface area contributed by atoms with Crippen molar-refractivity contribution in [1.82, 2.24) is 0 Å². The Balaban J connectivity index is 2.86. The molecule has 0 aliphatic heterocycles. The van der Waals surface area contributed by atoms with Gasteiger partial charge in [0.05, 0.1) is 5.71 Å². The predicted molar refractivity (Wildman–Crippen MR) is 55.4 cm³/mol.